The minimum absolute atomic E-state index is 0.119. The molecule has 1 atom stereocenters. The molecule has 0 aliphatic rings. The molecule has 0 fully saturated rings. The van der Waals surface area contributed by atoms with Crippen molar-refractivity contribution >= 4 is 11.9 Å². The summed E-state index contributed by atoms with van der Waals surface area (Å²) >= 11 is 0. The second-order valence-electron chi connectivity index (χ2n) is 6.69. The topological polar surface area (TPSA) is 101 Å². The van der Waals surface area contributed by atoms with Gasteiger partial charge in [-0.05, 0) is 43.2 Å². The monoisotopic (exact) mass is 408 g/mol. The highest BCUT2D eigenvalue weighted by Gasteiger charge is 2.21. The number of ether oxygens (including phenoxy) is 2. The van der Waals surface area contributed by atoms with Gasteiger partial charge in [-0.25, -0.2) is 0 Å². The van der Waals surface area contributed by atoms with Crippen molar-refractivity contribution in [2.75, 3.05) is 14.2 Å². The largest absolute Gasteiger partial charge is 0.548 e. The third kappa shape index (κ3) is 4.63. The van der Waals surface area contributed by atoms with Gasteiger partial charge < -0.3 is 29.1 Å². The summed E-state index contributed by atoms with van der Waals surface area (Å²) < 4.78 is 16.3. The Kier molecular flexibility index (Phi) is 6.41. The first-order chi connectivity index (χ1) is 14.4. The van der Waals surface area contributed by atoms with Crippen molar-refractivity contribution in [1.82, 2.24) is 5.32 Å². The molecule has 7 nitrogen and oxygen atoms in total. The van der Waals surface area contributed by atoms with Crippen molar-refractivity contribution in [3.8, 4) is 22.8 Å². The fourth-order valence-electron chi connectivity index (χ4n) is 3.12. The van der Waals surface area contributed by atoms with E-state index in [0.29, 0.717) is 28.6 Å². The van der Waals surface area contributed by atoms with Crippen molar-refractivity contribution in [2.45, 2.75) is 19.4 Å². The summed E-state index contributed by atoms with van der Waals surface area (Å²) in [5.41, 5.74) is 1.72. The maximum Gasteiger partial charge on any atom is 0.255 e. The molecule has 3 aromatic rings. The lowest BCUT2D eigenvalue weighted by atomic mass is 10.1. The lowest BCUT2D eigenvalue weighted by Crippen LogP contribution is -2.49. The number of amides is 1. The fraction of sp³-hybridized carbons (Fsp3) is 0.217. The van der Waals surface area contributed by atoms with Crippen LogP contribution < -0.4 is 19.9 Å². The molecule has 3 rings (SSSR count). The van der Waals surface area contributed by atoms with Crippen LogP contribution in [0.3, 0.4) is 0 Å². The Bertz CT molecular complexity index is 1040. The number of methoxy groups -OCH3 is 2. The van der Waals surface area contributed by atoms with Crippen LogP contribution in [0.5, 0.6) is 11.5 Å². The van der Waals surface area contributed by atoms with Crippen LogP contribution in [0.15, 0.2) is 59.0 Å². The second kappa shape index (κ2) is 9.17. The molecule has 7 heteroatoms. The van der Waals surface area contributed by atoms with Gasteiger partial charge in [0.25, 0.3) is 5.91 Å². The molecule has 0 spiro atoms. The minimum atomic E-state index is -1.35. The molecule has 1 heterocycles. The molecular weight excluding hydrogens is 386 g/mol. The predicted octanol–water partition coefficient (Wildman–Crippen LogP) is 2.36. The summed E-state index contributed by atoms with van der Waals surface area (Å²) in [6.45, 7) is 1.64. The summed E-state index contributed by atoms with van der Waals surface area (Å²) in [7, 11) is 3.07. The zero-order valence-corrected chi connectivity index (χ0v) is 16.9. The highest BCUT2D eigenvalue weighted by Crippen LogP contribution is 2.34. The Labute approximate surface area is 174 Å². The summed E-state index contributed by atoms with van der Waals surface area (Å²) in [5, 5.41) is 14.1. The van der Waals surface area contributed by atoms with Crippen LogP contribution in [0.4, 0.5) is 0 Å². The normalized spacial score (nSPS) is 11.6. The molecule has 1 amide bonds. The molecule has 0 saturated heterocycles. The standard InChI is InChI=1S/C23H23NO6/c1-14-17(13-20(30-14)16-9-10-19(28-2)21(12-16)29-3)22(25)24-18(23(26)27)11-15-7-5-4-6-8-15/h4-10,12-13,18H,11H2,1-3H3,(H,24,25)(H,26,27)/p-1/t18-/m0/s1. The molecule has 0 bridgehead atoms. The van der Waals surface area contributed by atoms with Crippen LogP contribution in [-0.2, 0) is 11.2 Å². The minimum Gasteiger partial charge on any atom is -0.548 e. The van der Waals surface area contributed by atoms with Crippen molar-refractivity contribution in [3.05, 3.63) is 71.5 Å². The maximum atomic E-state index is 12.7. The highest BCUT2D eigenvalue weighted by molar-refractivity contribution is 5.98. The molecule has 0 aliphatic heterocycles. The quantitative estimate of drug-likeness (QED) is 0.614. The Balaban J connectivity index is 1.81. The number of carboxylic acid groups (broad SMARTS) is 1. The van der Waals surface area contributed by atoms with E-state index in [0.717, 1.165) is 5.56 Å². The van der Waals surface area contributed by atoms with Crippen LogP contribution in [0, 0.1) is 6.92 Å². The number of aryl methyl sites for hydroxylation is 1. The number of carbonyl (C=O) groups excluding carboxylic acids is 2. The average molecular weight is 408 g/mol. The van der Waals surface area contributed by atoms with E-state index < -0.39 is 17.9 Å². The summed E-state index contributed by atoms with van der Waals surface area (Å²) in [6.07, 6.45) is 0.119. The third-order valence-electron chi connectivity index (χ3n) is 4.70. The van der Waals surface area contributed by atoms with Gasteiger partial charge in [0, 0.05) is 5.56 Å². The van der Waals surface area contributed by atoms with Crippen LogP contribution >= 0.6 is 0 Å². The number of hydrogen-bond donors (Lipinski definition) is 1. The number of carboxylic acids is 1. The van der Waals surface area contributed by atoms with Crippen molar-refractivity contribution in [1.29, 1.82) is 0 Å². The molecule has 0 radical (unpaired) electrons. The SMILES string of the molecule is COc1ccc(-c2cc(C(=O)N[C@@H](Cc3ccccc3)C(=O)[O-])c(C)o2)cc1OC. The number of carbonyl (C=O) groups is 2. The Morgan fingerprint density at radius 2 is 1.73 bits per heavy atom. The van der Waals surface area contributed by atoms with E-state index in [1.54, 1.807) is 62.6 Å². The van der Waals surface area contributed by atoms with Crippen LogP contribution in [-0.4, -0.2) is 32.1 Å². The van der Waals surface area contributed by atoms with Crippen LogP contribution in [0.25, 0.3) is 11.3 Å². The molecule has 0 aliphatic carbocycles. The first-order valence-corrected chi connectivity index (χ1v) is 9.31. The molecule has 0 saturated carbocycles. The molecule has 0 unspecified atom stereocenters. The van der Waals surface area contributed by atoms with Gasteiger partial charge in [-0.3, -0.25) is 4.79 Å². The van der Waals surface area contributed by atoms with Gasteiger partial charge in [0.15, 0.2) is 11.5 Å². The molecule has 1 aromatic heterocycles. The molecular formula is C23H22NO6-. The van der Waals surface area contributed by atoms with Gasteiger partial charge in [-0.2, -0.15) is 0 Å². The van der Waals surface area contributed by atoms with Crippen molar-refractivity contribution in [2.24, 2.45) is 0 Å². The van der Waals surface area contributed by atoms with Gasteiger partial charge in [0.2, 0.25) is 0 Å². The zero-order chi connectivity index (χ0) is 21.7. The summed E-state index contributed by atoms with van der Waals surface area (Å²) in [6, 6.07) is 14.7. The zero-order valence-electron chi connectivity index (χ0n) is 16.9. The van der Waals surface area contributed by atoms with Crippen molar-refractivity contribution in [3.63, 3.8) is 0 Å². The third-order valence-corrected chi connectivity index (χ3v) is 4.70. The number of aliphatic carboxylic acids is 1. The number of furan rings is 1. The Morgan fingerprint density at radius 1 is 1.03 bits per heavy atom. The maximum absolute atomic E-state index is 12.7. The number of rotatable bonds is 8. The molecule has 1 N–H and O–H groups in total. The van der Waals surface area contributed by atoms with E-state index in [2.05, 4.69) is 5.32 Å². The van der Waals surface area contributed by atoms with E-state index >= 15 is 0 Å². The van der Waals surface area contributed by atoms with E-state index in [-0.39, 0.29) is 12.0 Å². The van der Waals surface area contributed by atoms with Crippen LogP contribution in [0.1, 0.15) is 21.7 Å². The fourth-order valence-corrected chi connectivity index (χ4v) is 3.12. The lowest BCUT2D eigenvalue weighted by molar-refractivity contribution is -0.308. The predicted molar refractivity (Wildman–Crippen MR) is 108 cm³/mol. The second-order valence-corrected chi connectivity index (χ2v) is 6.69. The first-order valence-electron chi connectivity index (χ1n) is 9.31. The number of hydrogen-bond acceptors (Lipinski definition) is 6. The van der Waals surface area contributed by atoms with Gasteiger partial charge in [0.05, 0.1) is 31.8 Å². The van der Waals surface area contributed by atoms with E-state index in [4.69, 9.17) is 13.9 Å². The lowest BCUT2D eigenvalue weighted by Gasteiger charge is -2.19. The summed E-state index contributed by atoms with van der Waals surface area (Å²) in [4.78, 5) is 24.3. The Hall–Kier alpha value is -3.74. The van der Waals surface area contributed by atoms with Crippen molar-refractivity contribution < 1.29 is 28.6 Å². The summed E-state index contributed by atoms with van der Waals surface area (Å²) in [5.74, 6) is 0.0115. The van der Waals surface area contributed by atoms with Gasteiger partial charge in [-0.15, -0.1) is 0 Å². The van der Waals surface area contributed by atoms with E-state index in [9.17, 15) is 14.7 Å². The molecule has 156 valence electrons. The highest BCUT2D eigenvalue weighted by atomic mass is 16.5. The number of nitrogens with one attached hydrogen (secondary N) is 1. The van der Waals surface area contributed by atoms with E-state index in [1.807, 2.05) is 6.07 Å². The molecule has 2 aromatic carbocycles. The van der Waals surface area contributed by atoms with Gasteiger partial charge in [0.1, 0.15) is 11.5 Å². The van der Waals surface area contributed by atoms with Gasteiger partial charge >= 0.3 is 0 Å². The van der Waals surface area contributed by atoms with E-state index in [1.165, 1.54) is 7.11 Å². The molecule has 30 heavy (non-hydrogen) atoms. The first kappa shape index (κ1) is 21.0. The smallest absolute Gasteiger partial charge is 0.255 e. The number of benzene rings is 2. The van der Waals surface area contributed by atoms with Crippen LogP contribution in [0.2, 0.25) is 0 Å². The van der Waals surface area contributed by atoms with Gasteiger partial charge in [-0.1, -0.05) is 30.3 Å². The Morgan fingerprint density at radius 3 is 2.37 bits per heavy atom. The average Bonchev–Trinajstić information content (AvgIpc) is 3.15.